The first kappa shape index (κ1) is 16.8. The molecule has 0 aromatic heterocycles. The number of carbonyl (C=O) groups excluding carboxylic acids is 1. The van der Waals surface area contributed by atoms with Gasteiger partial charge in [0.25, 0.3) is 0 Å². The lowest BCUT2D eigenvalue weighted by atomic mass is 10.0. The van der Waals surface area contributed by atoms with Crippen molar-refractivity contribution in [3.05, 3.63) is 0 Å². The highest BCUT2D eigenvalue weighted by atomic mass is 32.2. The second kappa shape index (κ2) is 9.77. The van der Waals surface area contributed by atoms with Crippen molar-refractivity contribution in [3.8, 4) is 0 Å². The van der Waals surface area contributed by atoms with E-state index < -0.39 is 0 Å². The molecule has 3 N–H and O–H groups in total. The van der Waals surface area contributed by atoms with Gasteiger partial charge < -0.3 is 11.1 Å². The topological polar surface area (TPSA) is 55.1 Å². The van der Waals surface area contributed by atoms with Gasteiger partial charge in [-0.3, -0.25) is 4.79 Å². The van der Waals surface area contributed by atoms with E-state index in [1.54, 1.807) is 11.8 Å². The van der Waals surface area contributed by atoms with Gasteiger partial charge in [0.1, 0.15) is 0 Å². The lowest BCUT2D eigenvalue weighted by Crippen LogP contribution is -2.34. The minimum Gasteiger partial charge on any atom is -0.353 e. The van der Waals surface area contributed by atoms with E-state index in [1.807, 2.05) is 0 Å². The Hall–Kier alpha value is -0.220. The second-order valence-corrected chi connectivity index (χ2v) is 6.57. The van der Waals surface area contributed by atoms with Crippen LogP contribution in [0, 0.1) is 5.92 Å². The van der Waals surface area contributed by atoms with Crippen LogP contribution in [0.25, 0.3) is 0 Å². The summed E-state index contributed by atoms with van der Waals surface area (Å²) in [4.78, 5) is 11.6. The summed E-state index contributed by atoms with van der Waals surface area (Å²) in [6.07, 6.45) is 3.20. The van der Waals surface area contributed by atoms with Crippen molar-refractivity contribution in [3.63, 3.8) is 0 Å². The average Bonchev–Trinajstić information content (AvgIpc) is 2.24. The van der Waals surface area contributed by atoms with Gasteiger partial charge in [0, 0.05) is 11.3 Å². The largest absolute Gasteiger partial charge is 0.353 e. The molecule has 0 spiro atoms. The molecule has 0 aromatic rings. The van der Waals surface area contributed by atoms with Crippen LogP contribution in [0.2, 0.25) is 0 Å². The molecule has 0 bridgehead atoms. The predicted octanol–water partition coefficient (Wildman–Crippen LogP) is 2.40. The van der Waals surface area contributed by atoms with Crippen LogP contribution in [-0.4, -0.2) is 29.5 Å². The van der Waals surface area contributed by atoms with Gasteiger partial charge in [0.15, 0.2) is 0 Å². The molecule has 0 radical (unpaired) electrons. The third kappa shape index (κ3) is 10.6. The zero-order valence-corrected chi connectivity index (χ0v) is 12.5. The van der Waals surface area contributed by atoms with Crippen LogP contribution < -0.4 is 11.1 Å². The molecule has 3 nitrogen and oxygen atoms in total. The Morgan fingerprint density at radius 3 is 2.35 bits per heavy atom. The normalized spacial score (nSPS) is 14.7. The summed E-state index contributed by atoms with van der Waals surface area (Å²) < 4.78 is 0. The molecule has 0 aliphatic rings. The van der Waals surface area contributed by atoms with Gasteiger partial charge in [-0.05, 0) is 38.6 Å². The summed E-state index contributed by atoms with van der Waals surface area (Å²) in [5, 5.41) is 3.51. The fourth-order valence-electron chi connectivity index (χ4n) is 1.51. The van der Waals surface area contributed by atoms with Gasteiger partial charge in [-0.2, -0.15) is 0 Å². The van der Waals surface area contributed by atoms with Crippen LogP contribution in [0.3, 0.4) is 0 Å². The Balaban J connectivity index is 3.63. The summed E-state index contributed by atoms with van der Waals surface area (Å²) in [6.45, 7) is 9.31. The van der Waals surface area contributed by atoms with Gasteiger partial charge in [0.2, 0.25) is 5.91 Å². The summed E-state index contributed by atoms with van der Waals surface area (Å²) in [5.74, 6) is 1.40. The summed E-state index contributed by atoms with van der Waals surface area (Å²) in [5.41, 5.74) is 5.47. The molecule has 4 heteroatoms. The lowest BCUT2D eigenvalue weighted by Gasteiger charge is -2.16. The molecule has 17 heavy (non-hydrogen) atoms. The summed E-state index contributed by atoms with van der Waals surface area (Å²) >= 11 is 1.68. The first-order chi connectivity index (χ1) is 7.95. The first-order valence-corrected chi connectivity index (χ1v) is 7.61. The number of rotatable bonds is 9. The zero-order chi connectivity index (χ0) is 13.3. The van der Waals surface area contributed by atoms with Crippen LogP contribution in [0.5, 0.6) is 0 Å². The average molecular weight is 260 g/mol. The number of hydrogen-bond acceptors (Lipinski definition) is 3. The van der Waals surface area contributed by atoms with Crippen LogP contribution in [0.1, 0.15) is 47.0 Å². The van der Waals surface area contributed by atoms with Crippen LogP contribution >= 0.6 is 11.8 Å². The molecule has 1 amide bonds. The van der Waals surface area contributed by atoms with E-state index in [2.05, 4.69) is 33.0 Å². The van der Waals surface area contributed by atoms with E-state index in [4.69, 9.17) is 5.73 Å². The molecule has 0 aliphatic carbocycles. The van der Waals surface area contributed by atoms with Crippen molar-refractivity contribution in [2.45, 2.75) is 58.2 Å². The summed E-state index contributed by atoms with van der Waals surface area (Å²) in [7, 11) is 0. The molecule has 0 fully saturated rings. The Kier molecular flexibility index (Phi) is 9.65. The number of amides is 1. The molecule has 0 aliphatic heterocycles. The number of nitrogens with two attached hydrogens (primary N) is 1. The van der Waals surface area contributed by atoms with E-state index in [1.165, 1.54) is 0 Å². The van der Waals surface area contributed by atoms with E-state index in [0.717, 1.165) is 19.3 Å². The fraction of sp³-hybridized carbons (Fsp3) is 0.923. The van der Waals surface area contributed by atoms with Crippen molar-refractivity contribution in [1.82, 2.24) is 5.32 Å². The maximum absolute atomic E-state index is 11.6. The van der Waals surface area contributed by atoms with Gasteiger partial charge in [-0.25, -0.2) is 0 Å². The highest BCUT2D eigenvalue weighted by Crippen LogP contribution is 2.13. The highest BCUT2D eigenvalue weighted by Gasteiger charge is 2.10. The predicted molar refractivity (Wildman–Crippen MR) is 77.3 cm³/mol. The molecule has 102 valence electrons. The minimum atomic E-state index is 0.148. The maximum Gasteiger partial charge on any atom is 0.230 e. The quantitative estimate of drug-likeness (QED) is 0.669. The monoisotopic (exact) mass is 260 g/mol. The van der Waals surface area contributed by atoms with Gasteiger partial charge in [-0.15, -0.1) is 11.8 Å². The molecular weight excluding hydrogens is 232 g/mol. The molecule has 0 aromatic carbocycles. The van der Waals surface area contributed by atoms with Crippen molar-refractivity contribution >= 4 is 17.7 Å². The number of carbonyl (C=O) groups is 1. The van der Waals surface area contributed by atoms with Gasteiger partial charge in [-0.1, -0.05) is 20.8 Å². The van der Waals surface area contributed by atoms with E-state index in [-0.39, 0.29) is 11.9 Å². The molecule has 0 saturated heterocycles. The first-order valence-electron chi connectivity index (χ1n) is 6.56. The number of hydrogen-bond donors (Lipinski definition) is 2. The van der Waals surface area contributed by atoms with Crippen molar-refractivity contribution < 1.29 is 4.79 Å². The van der Waals surface area contributed by atoms with Crippen molar-refractivity contribution in [2.75, 3.05) is 12.3 Å². The Morgan fingerprint density at radius 2 is 1.82 bits per heavy atom. The second-order valence-electron chi connectivity index (χ2n) is 5.14. The molecular formula is C13H28N2OS. The molecule has 2 atom stereocenters. The highest BCUT2D eigenvalue weighted by molar-refractivity contribution is 8.00. The Morgan fingerprint density at radius 1 is 1.18 bits per heavy atom. The fourth-order valence-corrected chi connectivity index (χ4v) is 2.33. The van der Waals surface area contributed by atoms with Crippen LogP contribution in [0.4, 0.5) is 0 Å². The lowest BCUT2D eigenvalue weighted by molar-refractivity contribution is -0.119. The van der Waals surface area contributed by atoms with Crippen molar-refractivity contribution in [2.24, 2.45) is 11.7 Å². The molecule has 0 saturated carbocycles. The Labute approximate surface area is 110 Å². The van der Waals surface area contributed by atoms with E-state index in [0.29, 0.717) is 23.5 Å². The SMILES string of the molecule is CC(C)CCC(C)NC(=O)CSC(C)CCN. The Bertz CT molecular complexity index is 210. The van der Waals surface area contributed by atoms with E-state index in [9.17, 15) is 4.79 Å². The standard InChI is InChI=1S/C13H28N2OS/c1-10(2)5-6-11(3)15-13(16)9-17-12(4)7-8-14/h10-12H,5-9,14H2,1-4H3,(H,15,16). The smallest absolute Gasteiger partial charge is 0.230 e. The van der Waals surface area contributed by atoms with Crippen LogP contribution in [0.15, 0.2) is 0 Å². The maximum atomic E-state index is 11.6. The van der Waals surface area contributed by atoms with E-state index >= 15 is 0 Å². The molecule has 0 rings (SSSR count). The minimum absolute atomic E-state index is 0.148. The zero-order valence-electron chi connectivity index (χ0n) is 11.7. The molecule has 0 heterocycles. The van der Waals surface area contributed by atoms with Crippen molar-refractivity contribution in [1.29, 1.82) is 0 Å². The molecule has 2 unspecified atom stereocenters. The third-order valence-electron chi connectivity index (χ3n) is 2.66. The van der Waals surface area contributed by atoms with Gasteiger partial charge >= 0.3 is 0 Å². The van der Waals surface area contributed by atoms with Crippen LogP contribution in [-0.2, 0) is 4.79 Å². The summed E-state index contributed by atoms with van der Waals surface area (Å²) in [6, 6.07) is 0.287. The number of nitrogens with one attached hydrogen (secondary N) is 1. The number of thioether (sulfide) groups is 1. The third-order valence-corrected chi connectivity index (χ3v) is 3.89. The van der Waals surface area contributed by atoms with Gasteiger partial charge in [0.05, 0.1) is 5.75 Å².